The van der Waals surface area contributed by atoms with Crippen molar-refractivity contribution in [2.24, 2.45) is 16.3 Å². The van der Waals surface area contributed by atoms with Crippen molar-refractivity contribution in [3.05, 3.63) is 29.0 Å². The number of hydrogen-bond acceptors (Lipinski definition) is 3. The average molecular weight is 288 g/mol. The number of nitrogens with zero attached hydrogens (tertiary/aromatic N) is 1. The average Bonchev–Trinajstić information content (AvgIpc) is 2.40. The van der Waals surface area contributed by atoms with E-state index < -0.39 is 17.1 Å². The van der Waals surface area contributed by atoms with Gasteiger partial charge in [0.15, 0.2) is 5.84 Å². The lowest BCUT2D eigenvalue weighted by Crippen LogP contribution is -2.44. The van der Waals surface area contributed by atoms with Crippen LogP contribution in [-0.2, 0) is 4.79 Å². The molecule has 0 aromatic heterocycles. The van der Waals surface area contributed by atoms with Gasteiger partial charge in [0.05, 0.1) is 10.7 Å². The Morgan fingerprint density at radius 3 is 2.74 bits per heavy atom. The first-order valence-corrected chi connectivity index (χ1v) is 5.98. The Morgan fingerprint density at radius 2 is 2.26 bits per heavy atom. The molecule has 0 aliphatic carbocycles. The molecule has 0 radical (unpaired) electrons. The second-order valence-electron chi connectivity index (χ2n) is 4.22. The van der Waals surface area contributed by atoms with E-state index in [0.29, 0.717) is 0 Å². The number of nitrogens with two attached hydrogens (primary N) is 1. The van der Waals surface area contributed by atoms with E-state index in [9.17, 15) is 9.18 Å². The maximum atomic E-state index is 13.6. The molecule has 1 amide bonds. The lowest BCUT2D eigenvalue weighted by molar-refractivity contribution is -0.121. The molecule has 5 nitrogen and oxygen atoms in total. The number of amidine groups is 1. The Kier molecular flexibility index (Phi) is 4.72. The van der Waals surface area contributed by atoms with Gasteiger partial charge in [-0.2, -0.15) is 0 Å². The van der Waals surface area contributed by atoms with Crippen molar-refractivity contribution in [2.45, 2.75) is 20.3 Å². The van der Waals surface area contributed by atoms with Crippen LogP contribution in [0, 0.1) is 11.2 Å². The van der Waals surface area contributed by atoms with Crippen LogP contribution in [0.25, 0.3) is 0 Å². The summed E-state index contributed by atoms with van der Waals surface area (Å²) < 4.78 is 13.6. The van der Waals surface area contributed by atoms with E-state index in [1.807, 2.05) is 0 Å². The molecule has 4 N–H and O–H groups in total. The number of para-hydroxylation sites is 1. The zero-order valence-electron chi connectivity index (χ0n) is 10.6. The van der Waals surface area contributed by atoms with Crippen molar-refractivity contribution < 1.29 is 14.4 Å². The summed E-state index contributed by atoms with van der Waals surface area (Å²) in [5, 5.41) is 14.0. The van der Waals surface area contributed by atoms with Gasteiger partial charge in [-0.1, -0.05) is 29.7 Å². The van der Waals surface area contributed by atoms with Crippen LogP contribution in [0.2, 0.25) is 5.02 Å². The topological polar surface area (TPSA) is 87.7 Å². The van der Waals surface area contributed by atoms with Crippen molar-refractivity contribution in [3.8, 4) is 0 Å². The van der Waals surface area contributed by atoms with Crippen LogP contribution in [0.15, 0.2) is 23.4 Å². The molecular formula is C12H15ClFN3O2. The van der Waals surface area contributed by atoms with Gasteiger partial charge in [-0.15, -0.1) is 0 Å². The van der Waals surface area contributed by atoms with E-state index in [0.717, 1.165) is 0 Å². The Bertz CT molecular complexity index is 501. The highest BCUT2D eigenvalue weighted by Gasteiger charge is 2.37. The highest BCUT2D eigenvalue weighted by atomic mass is 35.5. The van der Waals surface area contributed by atoms with Gasteiger partial charge >= 0.3 is 0 Å². The van der Waals surface area contributed by atoms with E-state index in [1.165, 1.54) is 25.1 Å². The fourth-order valence-electron chi connectivity index (χ4n) is 1.44. The van der Waals surface area contributed by atoms with Crippen LogP contribution >= 0.6 is 11.6 Å². The predicted molar refractivity (Wildman–Crippen MR) is 71.8 cm³/mol. The van der Waals surface area contributed by atoms with Crippen LogP contribution in [0.4, 0.5) is 10.1 Å². The first kappa shape index (κ1) is 15.2. The zero-order chi connectivity index (χ0) is 14.6. The molecule has 0 spiro atoms. The summed E-state index contributed by atoms with van der Waals surface area (Å²) in [6, 6.07) is 4.05. The van der Waals surface area contributed by atoms with Crippen LogP contribution in [0.5, 0.6) is 0 Å². The standard InChI is InChI=1S/C12H15ClFN3O2/c1-3-12(2,10(15)17-19)11(18)16-9-7(13)5-4-6-8(9)14/h4-6,19H,3H2,1-2H3,(H2,15,17)(H,16,18). The lowest BCUT2D eigenvalue weighted by atomic mass is 9.85. The van der Waals surface area contributed by atoms with Gasteiger partial charge in [0.25, 0.3) is 0 Å². The van der Waals surface area contributed by atoms with Gasteiger partial charge in [0.1, 0.15) is 11.2 Å². The van der Waals surface area contributed by atoms with Crippen LogP contribution in [0.3, 0.4) is 0 Å². The largest absolute Gasteiger partial charge is 0.409 e. The van der Waals surface area contributed by atoms with Crippen molar-refractivity contribution in [1.29, 1.82) is 0 Å². The Balaban J connectivity index is 3.09. The summed E-state index contributed by atoms with van der Waals surface area (Å²) in [4.78, 5) is 12.2. The molecule has 0 saturated heterocycles. The minimum absolute atomic E-state index is 0.0753. The summed E-state index contributed by atoms with van der Waals surface area (Å²) in [5.74, 6) is -1.50. The third kappa shape index (κ3) is 2.96. The number of rotatable bonds is 4. The van der Waals surface area contributed by atoms with Crippen molar-refractivity contribution >= 4 is 29.0 Å². The summed E-state index contributed by atoms with van der Waals surface area (Å²) >= 11 is 5.81. The van der Waals surface area contributed by atoms with E-state index in [-0.39, 0.29) is 23.0 Å². The molecule has 0 aliphatic rings. The highest BCUT2D eigenvalue weighted by Crippen LogP contribution is 2.29. The molecule has 1 unspecified atom stereocenters. The second kappa shape index (κ2) is 5.88. The molecule has 0 heterocycles. The summed E-state index contributed by atoms with van der Waals surface area (Å²) in [7, 11) is 0. The number of oxime groups is 1. The van der Waals surface area contributed by atoms with Gasteiger partial charge < -0.3 is 16.3 Å². The monoisotopic (exact) mass is 287 g/mol. The summed E-state index contributed by atoms with van der Waals surface area (Å²) in [6.45, 7) is 3.19. The quantitative estimate of drug-likeness (QED) is 0.344. The predicted octanol–water partition coefficient (Wildman–Crippen LogP) is 2.58. The number of anilines is 1. The van der Waals surface area contributed by atoms with Gasteiger partial charge in [-0.25, -0.2) is 4.39 Å². The number of halogens is 2. The van der Waals surface area contributed by atoms with E-state index in [2.05, 4.69) is 10.5 Å². The molecule has 1 aromatic carbocycles. The van der Waals surface area contributed by atoms with Crippen LogP contribution in [0.1, 0.15) is 20.3 Å². The molecule has 1 atom stereocenters. The SMILES string of the molecule is CCC(C)(C(=O)Nc1c(F)cccc1Cl)/C(N)=N/O. The number of benzene rings is 1. The maximum Gasteiger partial charge on any atom is 0.238 e. The number of carbonyl (C=O) groups is 1. The van der Waals surface area contributed by atoms with E-state index >= 15 is 0 Å². The summed E-state index contributed by atoms with van der Waals surface area (Å²) in [6.07, 6.45) is 0.279. The lowest BCUT2D eigenvalue weighted by Gasteiger charge is -2.25. The molecule has 104 valence electrons. The molecule has 19 heavy (non-hydrogen) atoms. The van der Waals surface area contributed by atoms with Crippen molar-refractivity contribution in [1.82, 2.24) is 0 Å². The maximum absolute atomic E-state index is 13.6. The minimum atomic E-state index is -1.25. The number of nitrogens with one attached hydrogen (secondary N) is 1. The number of hydrogen-bond donors (Lipinski definition) is 3. The van der Waals surface area contributed by atoms with Crippen molar-refractivity contribution in [2.75, 3.05) is 5.32 Å². The van der Waals surface area contributed by atoms with Gasteiger partial charge in [-0.3, -0.25) is 4.79 Å². The minimum Gasteiger partial charge on any atom is -0.409 e. The van der Waals surface area contributed by atoms with Gasteiger partial charge in [0, 0.05) is 0 Å². The smallest absolute Gasteiger partial charge is 0.238 e. The summed E-state index contributed by atoms with van der Waals surface area (Å²) in [5.41, 5.74) is 4.13. The zero-order valence-corrected chi connectivity index (χ0v) is 11.3. The molecule has 1 aromatic rings. The first-order valence-electron chi connectivity index (χ1n) is 5.60. The second-order valence-corrected chi connectivity index (χ2v) is 4.63. The van der Waals surface area contributed by atoms with E-state index in [4.69, 9.17) is 22.5 Å². The molecule has 0 bridgehead atoms. The Hall–Kier alpha value is -1.82. The van der Waals surface area contributed by atoms with Gasteiger partial charge in [0.2, 0.25) is 5.91 Å². The Morgan fingerprint density at radius 1 is 1.63 bits per heavy atom. The molecule has 7 heteroatoms. The molecule has 1 rings (SSSR count). The van der Waals surface area contributed by atoms with Crippen LogP contribution in [-0.4, -0.2) is 17.0 Å². The number of carbonyl (C=O) groups excluding carboxylic acids is 1. The number of amides is 1. The third-order valence-corrected chi connectivity index (χ3v) is 3.40. The van der Waals surface area contributed by atoms with Gasteiger partial charge in [-0.05, 0) is 25.5 Å². The highest BCUT2D eigenvalue weighted by molar-refractivity contribution is 6.34. The van der Waals surface area contributed by atoms with E-state index in [1.54, 1.807) is 6.92 Å². The molecule has 0 aliphatic heterocycles. The third-order valence-electron chi connectivity index (χ3n) is 3.08. The molecule has 0 saturated carbocycles. The fourth-order valence-corrected chi connectivity index (χ4v) is 1.65. The molecular weight excluding hydrogens is 273 g/mol. The Labute approximate surface area is 115 Å². The first-order chi connectivity index (χ1) is 8.86. The van der Waals surface area contributed by atoms with Crippen LogP contribution < -0.4 is 11.1 Å². The van der Waals surface area contributed by atoms with Crippen molar-refractivity contribution in [3.63, 3.8) is 0 Å². The normalized spacial score (nSPS) is 14.8. The molecule has 0 fully saturated rings. The fraction of sp³-hybridized carbons (Fsp3) is 0.333.